The van der Waals surface area contributed by atoms with Crippen LogP contribution < -0.4 is 0 Å². The van der Waals surface area contributed by atoms with E-state index in [1.807, 2.05) is 4.74 Å². The van der Waals surface area contributed by atoms with Gasteiger partial charge in [0.1, 0.15) is 0 Å². The first-order chi connectivity index (χ1) is 25.6. The van der Waals surface area contributed by atoms with Gasteiger partial charge in [-0.15, -0.1) is 0 Å². The van der Waals surface area contributed by atoms with E-state index in [0.29, 0.717) is 0 Å². The second kappa shape index (κ2) is 14.1. The SMILES string of the molecule is C=C(C)C(=O)OC(F)(C(F)(F)F)C(F)(F)C(F)(F)C(F)(F)C(F)(F)C(F)(F)C(F)(F)C(F)(F)C(F)(F)C(F)(F)C(F)(F)C(F)(F)C(F)(F)C(F)(F)C(F)(F)C(F)(F)C(F)(F)F. The maximum absolute atomic E-state index is 14.2. The summed E-state index contributed by atoms with van der Waals surface area (Å²) in [6.07, 6.45) is -16.8. The molecule has 0 aromatic heterocycles. The molecular formula is C22H5F37O2. The molecule has 0 heterocycles. The van der Waals surface area contributed by atoms with Crippen molar-refractivity contribution < 1.29 is 172 Å². The minimum atomic E-state index is -10.5. The average Bonchev–Trinajstić information content (AvgIpc) is 3.01. The third-order valence-electron chi connectivity index (χ3n) is 7.23. The monoisotopic (exact) mass is 1000 g/mol. The molecule has 0 radical (unpaired) electrons. The van der Waals surface area contributed by atoms with E-state index in [9.17, 15) is 167 Å². The van der Waals surface area contributed by atoms with Gasteiger partial charge in [-0.25, -0.2) is 4.79 Å². The molecule has 0 aliphatic rings. The lowest BCUT2D eigenvalue weighted by Gasteiger charge is -2.47. The standard InChI is InChI=1S/C22H5F37O2/c1-3(2)4(60)61-20(53,22(57,58)59)18(49,50)16(45,46)14(41,42)12(37,38)10(33,34)8(29,30)6(25,26)5(23,24)7(27,28)9(31,32)11(35,36)13(39,40)15(43,44)17(47,48)19(51,52)21(54,55)56/h1H2,2H3. The Bertz CT molecular complexity index is 1660. The number of esters is 1. The number of hydrogen-bond donors (Lipinski definition) is 0. The van der Waals surface area contributed by atoms with Crippen LogP contribution in [0.15, 0.2) is 12.2 Å². The lowest BCUT2D eigenvalue weighted by Crippen LogP contribution is -2.80. The van der Waals surface area contributed by atoms with Gasteiger partial charge in [0.05, 0.1) is 0 Å². The molecule has 0 fully saturated rings. The van der Waals surface area contributed by atoms with Crippen LogP contribution in [0.3, 0.4) is 0 Å². The van der Waals surface area contributed by atoms with Crippen LogP contribution >= 0.6 is 0 Å². The topological polar surface area (TPSA) is 26.3 Å². The van der Waals surface area contributed by atoms with Crippen molar-refractivity contribution in [2.75, 3.05) is 0 Å². The summed E-state index contributed by atoms with van der Waals surface area (Å²) < 4.78 is 505. The first-order valence-electron chi connectivity index (χ1n) is 13.0. The van der Waals surface area contributed by atoms with E-state index in [0.717, 1.165) is 0 Å². The van der Waals surface area contributed by atoms with Crippen molar-refractivity contribution in [2.24, 2.45) is 0 Å². The van der Waals surface area contributed by atoms with Crippen LogP contribution in [-0.4, -0.2) is 113 Å². The molecule has 0 aromatic rings. The van der Waals surface area contributed by atoms with Gasteiger partial charge in [-0.05, 0) is 6.92 Å². The molecule has 0 aliphatic heterocycles. The molecule has 0 saturated carbocycles. The average molecular weight is 1000 g/mol. The van der Waals surface area contributed by atoms with E-state index in [4.69, 9.17) is 0 Å². The van der Waals surface area contributed by atoms with Gasteiger partial charge in [0, 0.05) is 5.57 Å². The van der Waals surface area contributed by atoms with Crippen LogP contribution in [0.2, 0.25) is 0 Å². The Hall–Kier alpha value is -3.38. The molecule has 1 atom stereocenters. The Morgan fingerprint density at radius 1 is 0.279 bits per heavy atom. The van der Waals surface area contributed by atoms with Crippen LogP contribution in [0.5, 0.6) is 0 Å². The summed E-state index contributed by atoms with van der Waals surface area (Å²) >= 11 is 0. The van der Waals surface area contributed by atoms with Crippen molar-refractivity contribution in [1.29, 1.82) is 0 Å². The number of carbonyl (C=O) groups is 1. The summed E-state index contributed by atoms with van der Waals surface area (Å²) in [5.74, 6) is -162. The summed E-state index contributed by atoms with van der Waals surface area (Å²) in [5.41, 5.74) is -1.93. The molecule has 0 amide bonds. The van der Waals surface area contributed by atoms with Crippen LogP contribution in [0.25, 0.3) is 0 Å². The van der Waals surface area contributed by atoms with Gasteiger partial charge in [0.15, 0.2) is 0 Å². The fourth-order valence-electron chi connectivity index (χ4n) is 3.46. The van der Waals surface area contributed by atoms with E-state index < -0.39 is 119 Å². The van der Waals surface area contributed by atoms with E-state index in [1.165, 1.54) is 0 Å². The second-order valence-corrected chi connectivity index (χ2v) is 11.4. The number of halogens is 37. The summed E-state index contributed by atoms with van der Waals surface area (Å²) in [5, 5.41) is 0. The van der Waals surface area contributed by atoms with Gasteiger partial charge in [-0.2, -0.15) is 162 Å². The number of hydrogen-bond acceptors (Lipinski definition) is 2. The minimum absolute atomic E-state index is 0.101. The molecule has 39 heteroatoms. The van der Waals surface area contributed by atoms with E-state index in [-0.39, 0.29) is 6.92 Å². The minimum Gasteiger partial charge on any atom is -0.411 e. The van der Waals surface area contributed by atoms with E-state index in [2.05, 4.69) is 6.58 Å². The smallest absolute Gasteiger partial charge is 0.411 e. The number of ether oxygens (including phenoxy) is 1. The Morgan fingerprint density at radius 2 is 0.426 bits per heavy atom. The van der Waals surface area contributed by atoms with Crippen LogP contribution in [0.1, 0.15) is 6.92 Å². The maximum atomic E-state index is 14.2. The zero-order chi connectivity index (χ0) is 50.9. The van der Waals surface area contributed by atoms with Gasteiger partial charge in [-0.1, -0.05) is 6.58 Å². The van der Waals surface area contributed by atoms with Gasteiger partial charge in [-0.3, -0.25) is 0 Å². The molecule has 0 aliphatic carbocycles. The number of carbonyl (C=O) groups excluding carboxylic acids is 1. The maximum Gasteiger partial charge on any atom is 0.467 e. The molecule has 0 aromatic carbocycles. The van der Waals surface area contributed by atoms with E-state index >= 15 is 0 Å². The normalized spacial score (nSPS) is 17.6. The molecule has 1 unspecified atom stereocenters. The zero-order valence-electron chi connectivity index (χ0n) is 26.5. The number of alkyl halides is 37. The Labute approximate surface area is 305 Å². The first-order valence-corrected chi connectivity index (χ1v) is 13.0. The predicted molar refractivity (Wildman–Crippen MR) is 111 cm³/mol. The highest BCUT2D eigenvalue weighted by Crippen LogP contribution is 2.70. The quantitative estimate of drug-likeness (QED) is 0.0825. The molecule has 61 heavy (non-hydrogen) atoms. The fraction of sp³-hybridized carbons (Fsp3) is 0.864. The van der Waals surface area contributed by atoms with Crippen molar-refractivity contribution in [3.63, 3.8) is 0 Å². The first kappa shape index (κ1) is 57.6. The van der Waals surface area contributed by atoms with Crippen molar-refractivity contribution in [3.05, 3.63) is 12.2 Å². The highest BCUT2D eigenvalue weighted by Gasteiger charge is 3.03. The largest absolute Gasteiger partial charge is 0.467 e. The zero-order valence-corrected chi connectivity index (χ0v) is 26.5. The Kier molecular flexibility index (Phi) is 13.3. The number of rotatable bonds is 17. The third-order valence-corrected chi connectivity index (χ3v) is 7.23. The van der Waals surface area contributed by atoms with Crippen molar-refractivity contribution >= 4 is 5.97 Å². The molecular weight excluding hydrogens is 999 g/mol. The molecule has 0 N–H and O–H groups in total. The van der Waals surface area contributed by atoms with Crippen LogP contribution in [0.4, 0.5) is 162 Å². The van der Waals surface area contributed by atoms with Crippen molar-refractivity contribution in [2.45, 2.75) is 114 Å². The lowest BCUT2D eigenvalue weighted by molar-refractivity contribution is -0.496. The fourth-order valence-corrected chi connectivity index (χ4v) is 3.46. The summed E-state index contributed by atoms with van der Waals surface area (Å²) in [6, 6.07) is 0. The van der Waals surface area contributed by atoms with Crippen LogP contribution in [-0.2, 0) is 9.53 Å². The molecule has 0 rings (SSSR count). The highest BCUT2D eigenvalue weighted by atomic mass is 19.4. The Morgan fingerprint density at radius 3 is 0.557 bits per heavy atom. The lowest BCUT2D eigenvalue weighted by atomic mass is 9.82. The Balaban J connectivity index is 7.99. The van der Waals surface area contributed by atoms with Gasteiger partial charge in [0.2, 0.25) is 0 Å². The summed E-state index contributed by atoms with van der Waals surface area (Å²) in [7, 11) is 0. The van der Waals surface area contributed by atoms with Crippen molar-refractivity contribution in [3.8, 4) is 0 Å². The van der Waals surface area contributed by atoms with Gasteiger partial charge >= 0.3 is 113 Å². The highest BCUT2D eigenvalue weighted by molar-refractivity contribution is 5.87. The summed E-state index contributed by atoms with van der Waals surface area (Å²) in [6.45, 7) is 2.02. The van der Waals surface area contributed by atoms with Gasteiger partial charge < -0.3 is 4.74 Å². The molecule has 0 spiro atoms. The van der Waals surface area contributed by atoms with Gasteiger partial charge in [0.25, 0.3) is 0 Å². The van der Waals surface area contributed by atoms with E-state index in [1.54, 1.807) is 0 Å². The third kappa shape index (κ3) is 6.71. The second-order valence-electron chi connectivity index (χ2n) is 11.4. The molecule has 364 valence electrons. The molecule has 2 nitrogen and oxygen atoms in total. The predicted octanol–water partition coefficient (Wildman–Crippen LogP) is 12.4. The molecule has 0 saturated heterocycles. The summed E-state index contributed by atoms with van der Waals surface area (Å²) in [4.78, 5) is 11.1. The van der Waals surface area contributed by atoms with Crippen LogP contribution in [0, 0.1) is 0 Å². The van der Waals surface area contributed by atoms with Crippen molar-refractivity contribution in [1.82, 2.24) is 0 Å². The molecule has 0 bridgehead atoms.